The molecule has 0 unspecified atom stereocenters. The minimum absolute atomic E-state index is 0.0399. The summed E-state index contributed by atoms with van der Waals surface area (Å²) in [6.07, 6.45) is 0. The van der Waals surface area contributed by atoms with Gasteiger partial charge in [-0.2, -0.15) is 0 Å². The summed E-state index contributed by atoms with van der Waals surface area (Å²) in [5, 5.41) is 5.99. The standard InChI is InChI=1S/C10H21N3O3/c1-15-8-9-16-7-4-11-2-5-13-6-3-12-10(13)14/h11H,2-9H2,1H3,(H,12,14). The van der Waals surface area contributed by atoms with Crippen molar-refractivity contribution in [3.8, 4) is 0 Å². The Bertz CT molecular complexity index is 202. The average molecular weight is 231 g/mol. The van der Waals surface area contributed by atoms with Crippen molar-refractivity contribution in [1.82, 2.24) is 15.5 Å². The maximum atomic E-state index is 11.2. The lowest BCUT2D eigenvalue weighted by molar-refractivity contribution is 0.0719. The quantitative estimate of drug-likeness (QED) is 0.513. The van der Waals surface area contributed by atoms with Crippen LogP contribution in [0.1, 0.15) is 0 Å². The fourth-order valence-electron chi connectivity index (χ4n) is 1.45. The Hall–Kier alpha value is -0.850. The van der Waals surface area contributed by atoms with E-state index in [-0.39, 0.29) is 6.03 Å². The molecular formula is C10H21N3O3. The number of amides is 2. The van der Waals surface area contributed by atoms with Crippen LogP contribution in [0.25, 0.3) is 0 Å². The molecule has 1 aliphatic heterocycles. The largest absolute Gasteiger partial charge is 0.382 e. The molecule has 0 saturated carbocycles. The number of hydrogen-bond acceptors (Lipinski definition) is 4. The lowest BCUT2D eigenvalue weighted by atomic mass is 10.5. The van der Waals surface area contributed by atoms with E-state index in [1.165, 1.54) is 0 Å². The Morgan fingerprint density at radius 3 is 2.94 bits per heavy atom. The number of rotatable bonds is 9. The van der Waals surface area contributed by atoms with Crippen LogP contribution in [0.5, 0.6) is 0 Å². The molecule has 0 radical (unpaired) electrons. The van der Waals surface area contributed by atoms with E-state index in [0.717, 1.165) is 32.7 Å². The first kappa shape index (κ1) is 13.2. The van der Waals surface area contributed by atoms with E-state index in [0.29, 0.717) is 19.8 Å². The van der Waals surface area contributed by atoms with Gasteiger partial charge in [0.2, 0.25) is 0 Å². The number of hydrogen-bond donors (Lipinski definition) is 2. The van der Waals surface area contributed by atoms with E-state index in [2.05, 4.69) is 10.6 Å². The van der Waals surface area contributed by atoms with Gasteiger partial charge in [-0.25, -0.2) is 4.79 Å². The van der Waals surface area contributed by atoms with E-state index in [9.17, 15) is 4.79 Å². The van der Waals surface area contributed by atoms with Crippen LogP contribution in [0.3, 0.4) is 0 Å². The van der Waals surface area contributed by atoms with Crippen LogP contribution in [-0.4, -0.2) is 70.6 Å². The van der Waals surface area contributed by atoms with Crippen LogP contribution in [-0.2, 0) is 9.47 Å². The lowest BCUT2D eigenvalue weighted by Crippen LogP contribution is -2.35. The molecule has 0 aromatic carbocycles. The van der Waals surface area contributed by atoms with Crippen molar-refractivity contribution in [2.75, 3.05) is 59.7 Å². The van der Waals surface area contributed by atoms with Gasteiger partial charge in [-0.05, 0) is 0 Å². The van der Waals surface area contributed by atoms with Crippen molar-refractivity contribution in [3.63, 3.8) is 0 Å². The predicted octanol–water partition coefficient (Wildman–Crippen LogP) is -0.736. The van der Waals surface area contributed by atoms with Gasteiger partial charge >= 0.3 is 6.03 Å². The number of ether oxygens (including phenoxy) is 2. The zero-order chi connectivity index (χ0) is 11.6. The van der Waals surface area contributed by atoms with Crippen molar-refractivity contribution in [2.45, 2.75) is 0 Å². The van der Waals surface area contributed by atoms with Crippen molar-refractivity contribution >= 4 is 6.03 Å². The molecule has 0 aliphatic carbocycles. The summed E-state index contributed by atoms with van der Waals surface area (Å²) in [6.45, 7) is 5.88. The smallest absolute Gasteiger partial charge is 0.317 e. The molecule has 6 nitrogen and oxygen atoms in total. The third kappa shape index (κ3) is 5.29. The number of nitrogens with one attached hydrogen (secondary N) is 2. The zero-order valence-corrected chi connectivity index (χ0v) is 9.83. The van der Waals surface area contributed by atoms with Gasteiger partial charge in [0.25, 0.3) is 0 Å². The number of carbonyl (C=O) groups is 1. The summed E-state index contributed by atoms with van der Waals surface area (Å²) >= 11 is 0. The van der Waals surface area contributed by atoms with Crippen LogP contribution < -0.4 is 10.6 Å². The molecule has 0 atom stereocenters. The second-order valence-electron chi connectivity index (χ2n) is 3.57. The summed E-state index contributed by atoms with van der Waals surface area (Å²) < 4.78 is 10.1. The molecule has 16 heavy (non-hydrogen) atoms. The van der Waals surface area contributed by atoms with E-state index in [1.54, 1.807) is 12.0 Å². The zero-order valence-electron chi connectivity index (χ0n) is 9.83. The van der Waals surface area contributed by atoms with Gasteiger partial charge in [0.1, 0.15) is 0 Å². The van der Waals surface area contributed by atoms with Gasteiger partial charge in [0, 0.05) is 39.8 Å². The molecule has 0 bridgehead atoms. The third-order valence-electron chi connectivity index (χ3n) is 2.36. The Labute approximate surface area is 96.3 Å². The number of nitrogens with zero attached hydrogens (tertiary/aromatic N) is 1. The van der Waals surface area contributed by atoms with Gasteiger partial charge in [-0.1, -0.05) is 0 Å². The molecule has 1 saturated heterocycles. The topological polar surface area (TPSA) is 62.8 Å². The molecule has 1 rings (SSSR count). The minimum atomic E-state index is 0.0399. The van der Waals surface area contributed by atoms with E-state index in [4.69, 9.17) is 9.47 Å². The molecule has 1 fully saturated rings. The molecular weight excluding hydrogens is 210 g/mol. The molecule has 0 aromatic rings. The first-order valence-corrected chi connectivity index (χ1v) is 5.65. The first-order chi connectivity index (χ1) is 7.84. The molecule has 94 valence electrons. The highest BCUT2D eigenvalue weighted by atomic mass is 16.5. The number of urea groups is 1. The maximum absolute atomic E-state index is 11.2. The van der Waals surface area contributed by atoms with Crippen molar-refractivity contribution in [1.29, 1.82) is 0 Å². The summed E-state index contributed by atoms with van der Waals surface area (Å²) in [6, 6.07) is 0.0399. The summed E-state index contributed by atoms with van der Waals surface area (Å²) in [5.74, 6) is 0. The monoisotopic (exact) mass is 231 g/mol. The Balaban J connectivity index is 1.83. The highest BCUT2D eigenvalue weighted by Gasteiger charge is 2.17. The van der Waals surface area contributed by atoms with E-state index in [1.807, 2.05) is 0 Å². The van der Waals surface area contributed by atoms with Gasteiger partial charge in [-0.15, -0.1) is 0 Å². The van der Waals surface area contributed by atoms with E-state index >= 15 is 0 Å². The highest BCUT2D eigenvalue weighted by molar-refractivity contribution is 5.76. The lowest BCUT2D eigenvalue weighted by Gasteiger charge is -2.14. The van der Waals surface area contributed by atoms with Gasteiger partial charge < -0.3 is 25.0 Å². The Morgan fingerprint density at radius 2 is 2.25 bits per heavy atom. The maximum Gasteiger partial charge on any atom is 0.317 e. The third-order valence-corrected chi connectivity index (χ3v) is 2.36. The molecule has 1 heterocycles. The van der Waals surface area contributed by atoms with Crippen LogP contribution in [0.4, 0.5) is 4.79 Å². The number of carbonyl (C=O) groups excluding carboxylic acids is 1. The molecule has 2 N–H and O–H groups in total. The van der Waals surface area contributed by atoms with Crippen LogP contribution in [0.2, 0.25) is 0 Å². The van der Waals surface area contributed by atoms with E-state index < -0.39 is 0 Å². The highest BCUT2D eigenvalue weighted by Crippen LogP contribution is 1.93. The fraction of sp³-hybridized carbons (Fsp3) is 0.900. The van der Waals surface area contributed by atoms with Crippen LogP contribution in [0, 0.1) is 0 Å². The Morgan fingerprint density at radius 1 is 1.38 bits per heavy atom. The number of methoxy groups -OCH3 is 1. The molecule has 0 aromatic heterocycles. The summed E-state index contributed by atoms with van der Waals surface area (Å²) in [7, 11) is 1.66. The molecule has 0 spiro atoms. The predicted molar refractivity (Wildman–Crippen MR) is 60.5 cm³/mol. The van der Waals surface area contributed by atoms with Crippen LogP contribution in [0.15, 0.2) is 0 Å². The summed E-state index contributed by atoms with van der Waals surface area (Å²) in [5.41, 5.74) is 0. The fourth-order valence-corrected chi connectivity index (χ4v) is 1.45. The Kier molecular flexibility index (Phi) is 6.87. The van der Waals surface area contributed by atoms with Gasteiger partial charge in [0.15, 0.2) is 0 Å². The molecule has 1 aliphatic rings. The first-order valence-electron chi connectivity index (χ1n) is 5.65. The summed E-state index contributed by atoms with van der Waals surface area (Å²) in [4.78, 5) is 13.0. The van der Waals surface area contributed by atoms with Crippen LogP contribution >= 0.6 is 0 Å². The second-order valence-corrected chi connectivity index (χ2v) is 3.57. The average Bonchev–Trinajstić information content (AvgIpc) is 2.68. The minimum Gasteiger partial charge on any atom is -0.382 e. The normalized spacial score (nSPS) is 15.6. The second kappa shape index (κ2) is 8.32. The molecule has 6 heteroatoms. The van der Waals surface area contributed by atoms with Gasteiger partial charge in [-0.3, -0.25) is 0 Å². The van der Waals surface area contributed by atoms with Crippen molar-refractivity contribution in [3.05, 3.63) is 0 Å². The van der Waals surface area contributed by atoms with Crippen molar-refractivity contribution < 1.29 is 14.3 Å². The SMILES string of the molecule is COCCOCCNCCN1CCNC1=O. The van der Waals surface area contributed by atoms with Crippen molar-refractivity contribution in [2.24, 2.45) is 0 Å². The van der Waals surface area contributed by atoms with Gasteiger partial charge in [0.05, 0.1) is 19.8 Å². The molecule has 2 amide bonds.